The minimum Gasteiger partial charge on any atom is -0.508 e. The summed E-state index contributed by atoms with van der Waals surface area (Å²) in [6, 6.07) is 31.9. The van der Waals surface area contributed by atoms with Crippen LogP contribution in [-0.2, 0) is 0 Å². The zero-order valence-electron chi connectivity index (χ0n) is 41.6. The summed E-state index contributed by atoms with van der Waals surface area (Å²) in [4.78, 5) is 0.0602. The summed E-state index contributed by atoms with van der Waals surface area (Å²) in [7, 11) is 0. The predicted molar refractivity (Wildman–Crippen MR) is 329 cm³/mol. The molecule has 17 heteroatoms. The molecule has 0 amide bonds. The van der Waals surface area contributed by atoms with Crippen LogP contribution in [0.2, 0.25) is 25.1 Å². The number of benzene rings is 7. The fraction of sp³-hybridized carbons (Fsp3) is 0.193. The van der Waals surface area contributed by atoms with E-state index in [1.165, 1.54) is 0 Å². The lowest BCUT2D eigenvalue weighted by Crippen LogP contribution is -2.34. The van der Waals surface area contributed by atoms with E-state index in [9.17, 15) is 20.4 Å². The minimum absolute atomic E-state index is 0.0602. The summed E-state index contributed by atoms with van der Waals surface area (Å²) in [6.45, 7) is 16.6. The molecule has 2 unspecified atom stereocenters. The lowest BCUT2D eigenvalue weighted by atomic mass is 9.92. The third kappa shape index (κ3) is 20.9. The number of aryl methyl sites for hydroxylation is 5. The second kappa shape index (κ2) is 31.8. The second-order valence-electron chi connectivity index (χ2n) is 16.7. The van der Waals surface area contributed by atoms with Crippen LogP contribution in [0.25, 0.3) is 11.1 Å². The van der Waals surface area contributed by atoms with Gasteiger partial charge in [0.15, 0.2) is 0 Å². The number of allylic oxidation sites excluding steroid dienone is 2. The lowest BCUT2D eigenvalue weighted by Gasteiger charge is -2.28. The van der Waals surface area contributed by atoms with Gasteiger partial charge in [-0.1, -0.05) is 146 Å². The standard InChI is InChI=1S/C12H10O.C8H11BrO.C8H8Cl2O.C8H9ClO.C7H4Br4O.2C7H7ClO/c13-12-9-5-4-8-11(12)10-6-2-1-3-7-10;1-6-4-3-5-8(2,10)7(6)9;1-4-3-6(11)8(10)5(2)7(4)9;1-5-3-7(10)4-6(2)8(5)9;1-2-3(8)4(9)5(10)6(11)7(2)12;1-5-4-6(9)2-3-7(5)8;1-5-4-6(8)2-3-7(5)9/h1-9,13H;3-5,7,10H,1-2H3;3,11H,1-2H3;3-4,10H,1-2H3;12H,1H3;2*2-4,9H,1H3. The highest BCUT2D eigenvalue weighted by Gasteiger charge is 2.29. The van der Waals surface area contributed by atoms with Crippen molar-refractivity contribution in [3.8, 4) is 45.6 Å². The van der Waals surface area contributed by atoms with Crippen molar-refractivity contribution in [1.82, 2.24) is 0 Å². The van der Waals surface area contributed by atoms with Crippen LogP contribution < -0.4 is 0 Å². The molecule has 1 aliphatic rings. The van der Waals surface area contributed by atoms with Crippen LogP contribution >= 0.6 is 138 Å². The molecule has 7 aromatic rings. The molecule has 0 saturated carbocycles. The van der Waals surface area contributed by atoms with Gasteiger partial charge in [-0.2, -0.15) is 0 Å². The van der Waals surface area contributed by atoms with E-state index in [0.29, 0.717) is 36.1 Å². The van der Waals surface area contributed by atoms with E-state index in [-0.39, 0.29) is 27.8 Å². The summed E-state index contributed by atoms with van der Waals surface area (Å²) >= 11 is 45.4. The normalized spacial score (nSPS) is 13.9. The van der Waals surface area contributed by atoms with E-state index in [4.69, 9.17) is 73.3 Å². The molecule has 7 nitrogen and oxygen atoms in total. The number of phenols is 6. The SMILES string of the molecule is CC1=CC=CC(C)(O)C1Br.Cc1c(O)c(Br)c(Br)c(Br)c1Br.Cc1cc(Cl)ccc1O.Cc1cc(O)c(Cl)c(C)c1Cl.Cc1cc(O)cc(C)c1Cl.Cc1cc(O)ccc1Cl.Oc1ccccc1-c1ccccc1. The van der Waals surface area contributed by atoms with Gasteiger partial charge in [0.1, 0.15) is 34.5 Å². The van der Waals surface area contributed by atoms with Gasteiger partial charge >= 0.3 is 0 Å². The molecule has 396 valence electrons. The maximum Gasteiger partial charge on any atom is 0.135 e. The average molecular weight is 1430 g/mol. The van der Waals surface area contributed by atoms with Gasteiger partial charge in [-0.25, -0.2) is 0 Å². The van der Waals surface area contributed by atoms with Crippen molar-refractivity contribution in [2.75, 3.05) is 0 Å². The van der Waals surface area contributed by atoms with Crippen molar-refractivity contribution in [2.24, 2.45) is 0 Å². The number of halogens is 10. The molecule has 7 N–H and O–H groups in total. The molecule has 8 rings (SSSR count). The van der Waals surface area contributed by atoms with Crippen molar-refractivity contribution in [2.45, 2.75) is 72.7 Å². The van der Waals surface area contributed by atoms with Gasteiger partial charge in [0.25, 0.3) is 0 Å². The van der Waals surface area contributed by atoms with Gasteiger partial charge in [-0.3, -0.25) is 0 Å². The van der Waals surface area contributed by atoms with Crippen molar-refractivity contribution in [3.05, 3.63) is 215 Å². The summed E-state index contributed by atoms with van der Waals surface area (Å²) < 4.78 is 3.22. The van der Waals surface area contributed by atoms with Crippen molar-refractivity contribution < 1.29 is 35.7 Å². The van der Waals surface area contributed by atoms with Gasteiger partial charge in [0, 0.05) is 40.2 Å². The van der Waals surface area contributed by atoms with Crippen molar-refractivity contribution in [3.63, 3.8) is 0 Å². The third-order valence-electron chi connectivity index (χ3n) is 10.5. The quantitative estimate of drug-likeness (QED) is 0.0493. The predicted octanol–water partition coefficient (Wildman–Crippen LogP) is 20.5. The average Bonchev–Trinajstić information content (AvgIpc) is 3.36. The van der Waals surface area contributed by atoms with E-state index in [1.54, 1.807) is 87.5 Å². The van der Waals surface area contributed by atoms with Gasteiger partial charge in [0.2, 0.25) is 0 Å². The smallest absolute Gasteiger partial charge is 0.135 e. The van der Waals surface area contributed by atoms with Crippen LogP contribution in [0.5, 0.6) is 34.5 Å². The zero-order valence-corrected chi connectivity index (χ0v) is 53.3. The van der Waals surface area contributed by atoms with E-state index in [2.05, 4.69) is 79.6 Å². The van der Waals surface area contributed by atoms with Crippen LogP contribution in [-0.4, -0.2) is 46.2 Å². The van der Waals surface area contributed by atoms with Crippen molar-refractivity contribution >= 4 is 138 Å². The first-order valence-electron chi connectivity index (χ1n) is 22.0. The van der Waals surface area contributed by atoms with Crippen LogP contribution in [0.3, 0.4) is 0 Å². The first-order valence-corrected chi connectivity index (χ1v) is 28.0. The second-order valence-corrected chi connectivity index (χ2v) is 22.8. The highest BCUT2D eigenvalue weighted by molar-refractivity contribution is 9.15. The van der Waals surface area contributed by atoms with Gasteiger partial charge in [-0.05, 0) is 226 Å². The fourth-order valence-corrected chi connectivity index (χ4v) is 9.58. The number of para-hydroxylation sites is 1. The largest absolute Gasteiger partial charge is 0.508 e. The molecule has 0 heterocycles. The maximum atomic E-state index is 9.64. The molecule has 0 spiro atoms. The van der Waals surface area contributed by atoms with E-state index >= 15 is 0 Å². The van der Waals surface area contributed by atoms with Gasteiger partial charge < -0.3 is 35.7 Å². The molecule has 1 aliphatic carbocycles. The molecule has 0 aliphatic heterocycles. The first kappa shape index (κ1) is 66.7. The third-order valence-corrected chi connectivity index (χ3v) is 19.4. The van der Waals surface area contributed by atoms with Crippen LogP contribution in [0.15, 0.2) is 151 Å². The molecule has 0 aromatic heterocycles. The Bertz CT molecular complexity index is 2860. The highest BCUT2D eigenvalue weighted by atomic mass is 79.9. The Morgan fingerprint density at radius 2 is 1.00 bits per heavy atom. The highest BCUT2D eigenvalue weighted by Crippen LogP contribution is 2.45. The number of aromatic hydroxyl groups is 6. The Hall–Kier alpha value is -3.37. The van der Waals surface area contributed by atoms with Crippen molar-refractivity contribution in [1.29, 1.82) is 0 Å². The number of hydrogen-bond donors (Lipinski definition) is 7. The van der Waals surface area contributed by atoms with Crippen LogP contribution in [0.4, 0.5) is 0 Å². The van der Waals surface area contributed by atoms with E-state index < -0.39 is 5.60 Å². The first-order chi connectivity index (χ1) is 34.4. The lowest BCUT2D eigenvalue weighted by molar-refractivity contribution is 0.118. The number of alkyl halides is 1. The van der Waals surface area contributed by atoms with Crippen LogP contribution in [0, 0.1) is 48.5 Å². The molecular weight excluding hydrogens is 1370 g/mol. The molecule has 7 aromatic carbocycles. The van der Waals surface area contributed by atoms with Gasteiger partial charge in [-0.15, -0.1) is 0 Å². The summed E-state index contributed by atoms with van der Waals surface area (Å²) in [5.41, 5.74) is 8.27. The molecule has 0 radical (unpaired) electrons. The molecule has 2 atom stereocenters. The topological polar surface area (TPSA) is 142 Å². The van der Waals surface area contributed by atoms with Gasteiger partial charge in [0.05, 0.1) is 24.4 Å². The molecule has 74 heavy (non-hydrogen) atoms. The maximum absolute atomic E-state index is 9.64. The summed E-state index contributed by atoms with van der Waals surface area (Å²) in [6.07, 6.45) is 5.67. The molecule has 0 saturated heterocycles. The Kier molecular flexibility index (Phi) is 28.6. The summed E-state index contributed by atoms with van der Waals surface area (Å²) in [5.74, 6) is 1.49. The number of aliphatic hydroxyl groups is 1. The minimum atomic E-state index is -0.723. The molecular formula is C57H56Br5Cl5O7. The Labute approximate surface area is 501 Å². The molecule has 0 bridgehead atoms. The molecule has 0 fully saturated rings. The Balaban J connectivity index is 0.000000297. The number of hydrogen-bond acceptors (Lipinski definition) is 7. The zero-order chi connectivity index (χ0) is 56.4. The summed E-state index contributed by atoms with van der Waals surface area (Å²) in [5, 5.41) is 67.9. The number of rotatable bonds is 1. The van der Waals surface area contributed by atoms with E-state index in [1.807, 2.05) is 102 Å². The monoisotopic (exact) mass is 1420 g/mol. The van der Waals surface area contributed by atoms with Crippen LogP contribution in [0.1, 0.15) is 52.8 Å². The Morgan fingerprint density at radius 1 is 0.473 bits per heavy atom. The van der Waals surface area contributed by atoms with E-state index in [0.717, 1.165) is 74.1 Å². The number of phenolic OH excluding ortho intramolecular Hbond substituents is 6. The Morgan fingerprint density at radius 3 is 1.50 bits per heavy atom. The fourth-order valence-electron chi connectivity index (χ4n) is 6.18.